The third-order valence-corrected chi connectivity index (χ3v) is 2.92. The van der Waals surface area contributed by atoms with Crippen molar-refractivity contribution in [1.82, 2.24) is 10.2 Å². The van der Waals surface area contributed by atoms with Crippen LogP contribution in [-0.2, 0) is 0 Å². The predicted molar refractivity (Wildman–Crippen MR) is 59.4 cm³/mol. The van der Waals surface area contributed by atoms with E-state index < -0.39 is 0 Å². The minimum absolute atomic E-state index is 0.314. The van der Waals surface area contributed by atoms with Crippen molar-refractivity contribution in [3.05, 3.63) is 0 Å². The number of hydrogen-bond acceptors (Lipinski definition) is 3. The molecule has 0 radical (unpaired) electrons. The average Bonchev–Trinajstić information content (AvgIpc) is 2.65. The summed E-state index contributed by atoms with van der Waals surface area (Å²) >= 11 is 0. The van der Waals surface area contributed by atoms with Crippen molar-refractivity contribution in [2.45, 2.75) is 26.2 Å². The Morgan fingerprint density at radius 1 is 1.36 bits per heavy atom. The molecule has 0 spiro atoms. The van der Waals surface area contributed by atoms with Gasteiger partial charge in [-0.2, -0.15) is 0 Å². The summed E-state index contributed by atoms with van der Waals surface area (Å²) in [6, 6.07) is 0. The van der Waals surface area contributed by atoms with Gasteiger partial charge < -0.3 is 15.3 Å². The highest BCUT2D eigenvalue weighted by Gasteiger charge is 2.10. The Hall–Kier alpha value is -0.120. The standard InChI is InChI=1S/C11H24N2O/c1-11(4-9-14)10-12-5-8-13-6-2-3-7-13/h11-12,14H,2-10H2,1H3. The zero-order valence-corrected chi connectivity index (χ0v) is 9.34. The molecule has 1 unspecified atom stereocenters. The molecular weight excluding hydrogens is 176 g/mol. The summed E-state index contributed by atoms with van der Waals surface area (Å²) in [5, 5.41) is 12.2. The van der Waals surface area contributed by atoms with Crippen LogP contribution >= 0.6 is 0 Å². The molecule has 0 aromatic rings. The Morgan fingerprint density at radius 2 is 2.07 bits per heavy atom. The molecule has 84 valence electrons. The van der Waals surface area contributed by atoms with E-state index in [1.54, 1.807) is 0 Å². The highest BCUT2D eigenvalue weighted by atomic mass is 16.3. The minimum Gasteiger partial charge on any atom is -0.396 e. The van der Waals surface area contributed by atoms with Crippen LogP contribution < -0.4 is 5.32 Å². The van der Waals surface area contributed by atoms with Crippen LogP contribution in [0.25, 0.3) is 0 Å². The SMILES string of the molecule is CC(CCO)CNCCN1CCCC1. The molecule has 1 rings (SSSR count). The van der Waals surface area contributed by atoms with Crippen LogP contribution in [-0.4, -0.2) is 49.3 Å². The van der Waals surface area contributed by atoms with Crippen LogP contribution in [0.3, 0.4) is 0 Å². The van der Waals surface area contributed by atoms with Crippen molar-refractivity contribution < 1.29 is 5.11 Å². The molecule has 1 aliphatic rings. The van der Waals surface area contributed by atoms with Gasteiger partial charge in [0.1, 0.15) is 0 Å². The molecule has 0 aromatic heterocycles. The Bertz CT molecular complexity index is 135. The van der Waals surface area contributed by atoms with Crippen LogP contribution in [0.4, 0.5) is 0 Å². The fourth-order valence-electron chi connectivity index (χ4n) is 1.91. The third-order valence-electron chi connectivity index (χ3n) is 2.92. The fourth-order valence-corrected chi connectivity index (χ4v) is 1.91. The van der Waals surface area contributed by atoms with Crippen molar-refractivity contribution in [3.63, 3.8) is 0 Å². The normalized spacial score (nSPS) is 20.1. The van der Waals surface area contributed by atoms with Crippen molar-refractivity contribution >= 4 is 0 Å². The van der Waals surface area contributed by atoms with E-state index in [4.69, 9.17) is 5.11 Å². The number of aliphatic hydroxyl groups is 1. The van der Waals surface area contributed by atoms with E-state index in [0.29, 0.717) is 12.5 Å². The molecule has 1 aliphatic heterocycles. The molecule has 3 nitrogen and oxygen atoms in total. The van der Waals surface area contributed by atoms with E-state index in [1.165, 1.54) is 32.5 Å². The van der Waals surface area contributed by atoms with Gasteiger partial charge in [0.25, 0.3) is 0 Å². The van der Waals surface area contributed by atoms with Crippen molar-refractivity contribution in [2.24, 2.45) is 5.92 Å². The zero-order valence-electron chi connectivity index (χ0n) is 9.34. The number of rotatable bonds is 7. The highest BCUT2D eigenvalue weighted by Crippen LogP contribution is 2.05. The topological polar surface area (TPSA) is 35.5 Å². The summed E-state index contributed by atoms with van der Waals surface area (Å²) in [4.78, 5) is 2.52. The van der Waals surface area contributed by atoms with E-state index in [2.05, 4.69) is 17.1 Å². The van der Waals surface area contributed by atoms with Gasteiger partial charge in [0, 0.05) is 19.7 Å². The van der Waals surface area contributed by atoms with Gasteiger partial charge in [-0.3, -0.25) is 0 Å². The van der Waals surface area contributed by atoms with E-state index in [9.17, 15) is 0 Å². The molecule has 0 amide bonds. The van der Waals surface area contributed by atoms with Crippen LogP contribution in [0.2, 0.25) is 0 Å². The van der Waals surface area contributed by atoms with Gasteiger partial charge in [-0.25, -0.2) is 0 Å². The monoisotopic (exact) mass is 200 g/mol. The summed E-state index contributed by atoms with van der Waals surface area (Å²) in [7, 11) is 0. The maximum Gasteiger partial charge on any atom is 0.0434 e. The zero-order chi connectivity index (χ0) is 10.2. The van der Waals surface area contributed by atoms with Crippen LogP contribution in [0.5, 0.6) is 0 Å². The first-order valence-corrected chi connectivity index (χ1v) is 5.87. The largest absolute Gasteiger partial charge is 0.396 e. The summed E-state index contributed by atoms with van der Waals surface area (Å²) in [6.07, 6.45) is 3.67. The maximum atomic E-state index is 8.73. The average molecular weight is 200 g/mol. The number of likely N-dealkylation sites (tertiary alicyclic amines) is 1. The molecule has 3 heteroatoms. The molecule has 1 saturated heterocycles. The lowest BCUT2D eigenvalue weighted by Gasteiger charge is -2.16. The van der Waals surface area contributed by atoms with Crippen LogP contribution in [0.15, 0.2) is 0 Å². The maximum absolute atomic E-state index is 8.73. The first-order chi connectivity index (χ1) is 6.83. The third kappa shape index (κ3) is 4.94. The molecule has 0 bridgehead atoms. The molecule has 0 saturated carbocycles. The summed E-state index contributed by atoms with van der Waals surface area (Å²) in [5.74, 6) is 0.596. The Kier molecular flexibility index (Phi) is 6.15. The smallest absolute Gasteiger partial charge is 0.0434 e. The number of nitrogens with one attached hydrogen (secondary N) is 1. The Labute approximate surface area is 87.5 Å². The van der Waals surface area contributed by atoms with Crippen molar-refractivity contribution in [1.29, 1.82) is 0 Å². The lowest BCUT2D eigenvalue weighted by molar-refractivity contribution is 0.258. The quantitative estimate of drug-likeness (QED) is 0.594. The first-order valence-electron chi connectivity index (χ1n) is 5.87. The number of nitrogens with zero attached hydrogens (tertiary/aromatic N) is 1. The van der Waals surface area contributed by atoms with Crippen LogP contribution in [0.1, 0.15) is 26.2 Å². The van der Waals surface area contributed by atoms with Gasteiger partial charge in [0.05, 0.1) is 0 Å². The first kappa shape index (κ1) is 12.0. The van der Waals surface area contributed by atoms with Gasteiger partial charge in [-0.05, 0) is 44.8 Å². The molecule has 1 fully saturated rings. The van der Waals surface area contributed by atoms with E-state index >= 15 is 0 Å². The molecule has 14 heavy (non-hydrogen) atoms. The van der Waals surface area contributed by atoms with Gasteiger partial charge in [-0.15, -0.1) is 0 Å². The molecular formula is C11H24N2O. The second-order valence-corrected chi connectivity index (χ2v) is 4.37. The van der Waals surface area contributed by atoms with Gasteiger partial charge in [-0.1, -0.05) is 6.92 Å². The van der Waals surface area contributed by atoms with E-state index in [1.807, 2.05) is 0 Å². The van der Waals surface area contributed by atoms with E-state index in [0.717, 1.165) is 19.5 Å². The molecule has 2 N–H and O–H groups in total. The predicted octanol–water partition coefficient (Wildman–Crippen LogP) is 0.690. The van der Waals surface area contributed by atoms with Gasteiger partial charge in [0.2, 0.25) is 0 Å². The second kappa shape index (κ2) is 7.21. The van der Waals surface area contributed by atoms with Crippen molar-refractivity contribution in [3.8, 4) is 0 Å². The highest BCUT2D eigenvalue weighted by molar-refractivity contribution is 4.67. The minimum atomic E-state index is 0.314. The number of hydrogen-bond donors (Lipinski definition) is 2. The second-order valence-electron chi connectivity index (χ2n) is 4.37. The molecule has 1 atom stereocenters. The summed E-state index contributed by atoms with van der Waals surface area (Å²) in [6.45, 7) is 8.38. The molecule has 0 aliphatic carbocycles. The lowest BCUT2D eigenvalue weighted by atomic mass is 10.1. The van der Waals surface area contributed by atoms with Crippen molar-refractivity contribution in [2.75, 3.05) is 39.3 Å². The van der Waals surface area contributed by atoms with Gasteiger partial charge in [0.15, 0.2) is 0 Å². The summed E-state index contributed by atoms with van der Waals surface area (Å²) < 4.78 is 0. The fraction of sp³-hybridized carbons (Fsp3) is 1.00. The molecule has 0 aromatic carbocycles. The molecule has 1 heterocycles. The Balaban J connectivity index is 1.88. The summed E-state index contributed by atoms with van der Waals surface area (Å²) in [5.41, 5.74) is 0. The number of aliphatic hydroxyl groups excluding tert-OH is 1. The van der Waals surface area contributed by atoms with Crippen LogP contribution in [0, 0.1) is 5.92 Å². The lowest BCUT2D eigenvalue weighted by Crippen LogP contribution is -2.32. The van der Waals surface area contributed by atoms with Gasteiger partial charge >= 0.3 is 0 Å². The van der Waals surface area contributed by atoms with E-state index in [-0.39, 0.29) is 0 Å². The Morgan fingerprint density at radius 3 is 2.71 bits per heavy atom.